The smallest absolute Gasteiger partial charge is 0.236 e. The van der Waals surface area contributed by atoms with E-state index in [4.69, 9.17) is 10.5 Å². The molecule has 1 aliphatic heterocycles. The van der Waals surface area contributed by atoms with Gasteiger partial charge >= 0.3 is 0 Å². The molecule has 1 heterocycles. The summed E-state index contributed by atoms with van der Waals surface area (Å²) in [4.78, 5) is 13.9. The van der Waals surface area contributed by atoms with Crippen LogP contribution < -0.4 is 5.73 Å². The van der Waals surface area contributed by atoms with Gasteiger partial charge in [-0.15, -0.1) is 0 Å². The third kappa shape index (κ3) is 3.33. The summed E-state index contributed by atoms with van der Waals surface area (Å²) in [6.07, 6.45) is 2.91. The number of amides is 1. The van der Waals surface area contributed by atoms with E-state index in [2.05, 4.69) is 12.1 Å². The Hall–Kier alpha value is -1.39. The standard InChI is InChI=1S/C15H22N2O2/c1-19-14-8-5-9-17(15(18)11-16)13(14)10-12-6-3-2-4-7-12/h2-4,6-7,13-14H,5,8-11,16H2,1H3/t13-,14-/m0/s1. The van der Waals surface area contributed by atoms with E-state index in [-0.39, 0.29) is 24.6 Å². The topological polar surface area (TPSA) is 55.6 Å². The molecule has 4 nitrogen and oxygen atoms in total. The van der Waals surface area contributed by atoms with Crippen LogP contribution in [0.25, 0.3) is 0 Å². The molecule has 0 aromatic heterocycles. The summed E-state index contributed by atoms with van der Waals surface area (Å²) < 4.78 is 5.57. The molecular formula is C15H22N2O2. The lowest BCUT2D eigenvalue weighted by Crippen LogP contribution is -2.54. The largest absolute Gasteiger partial charge is 0.379 e. The summed E-state index contributed by atoms with van der Waals surface area (Å²) in [5.41, 5.74) is 6.74. The highest BCUT2D eigenvalue weighted by Crippen LogP contribution is 2.23. The zero-order valence-electron chi connectivity index (χ0n) is 11.4. The van der Waals surface area contributed by atoms with Crippen molar-refractivity contribution in [1.82, 2.24) is 4.90 Å². The van der Waals surface area contributed by atoms with Crippen molar-refractivity contribution in [2.24, 2.45) is 5.73 Å². The van der Waals surface area contributed by atoms with Crippen molar-refractivity contribution in [3.8, 4) is 0 Å². The van der Waals surface area contributed by atoms with Crippen LogP contribution in [0, 0.1) is 0 Å². The Morgan fingerprint density at radius 2 is 2.16 bits per heavy atom. The van der Waals surface area contributed by atoms with Crippen molar-refractivity contribution < 1.29 is 9.53 Å². The molecule has 1 saturated heterocycles. The number of hydrogen-bond acceptors (Lipinski definition) is 3. The molecule has 1 aliphatic rings. The normalized spacial score (nSPS) is 23.4. The van der Waals surface area contributed by atoms with E-state index < -0.39 is 0 Å². The highest BCUT2D eigenvalue weighted by atomic mass is 16.5. The van der Waals surface area contributed by atoms with E-state index in [1.807, 2.05) is 23.1 Å². The number of carbonyl (C=O) groups excluding carboxylic acids is 1. The van der Waals surface area contributed by atoms with Crippen LogP contribution in [0.5, 0.6) is 0 Å². The summed E-state index contributed by atoms with van der Waals surface area (Å²) >= 11 is 0. The van der Waals surface area contributed by atoms with Gasteiger partial charge in [-0.3, -0.25) is 4.79 Å². The molecule has 19 heavy (non-hydrogen) atoms. The summed E-state index contributed by atoms with van der Waals surface area (Å²) in [7, 11) is 1.72. The monoisotopic (exact) mass is 262 g/mol. The Bertz CT molecular complexity index is 408. The summed E-state index contributed by atoms with van der Waals surface area (Å²) in [6.45, 7) is 0.856. The van der Waals surface area contributed by atoms with E-state index in [1.54, 1.807) is 7.11 Å². The van der Waals surface area contributed by atoms with E-state index in [9.17, 15) is 4.79 Å². The lowest BCUT2D eigenvalue weighted by molar-refractivity contribution is -0.138. The zero-order valence-corrected chi connectivity index (χ0v) is 11.4. The molecule has 0 bridgehead atoms. The fourth-order valence-corrected chi connectivity index (χ4v) is 2.82. The van der Waals surface area contributed by atoms with Crippen LogP contribution in [-0.4, -0.2) is 43.2 Å². The maximum atomic E-state index is 12.0. The van der Waals surface area contributed by atoms with Crippen LogP contribution in [0.15, 0.2) is 30.3 Å². The fourth-order valence-electron chi connectivity index (χ4n) is 2.82. The van der Waals surface area contributed by atoms with Gasteiger partial charge in [-0.25, -0.2) is 0 Å². The van der Waals surface area contributed by atoms with Crippen molar-refractivity contribution in [1.29, 1.82) is 0 Å². The molecule has 2 atom stereocenters. The molecule has 1 aromatic carbocycles. The number of nitrogens with zero attached hydrogens (tertiary/aromatic N) is 1. The average molecular weight is 262 g/mol. The van der Waals surface area contributed by atoms with E-state index in [0.29, 0.717) is 0 Å². The van der Waals surface area contributed by atoms with Crippen LogP contribution in [-0.2, 0) is 16.0 Å². The van der Waals surface area contributed by atoms with Crippen LogP contribution in [0.4, 0.5) is 0 Å². The molecule has 0 saturated carbocycles. The van der Waals surface area contributed by atoms with Crippen molar-refractivity contribution in [3.63, 3.8) is 0 Å². The number of likely N-dealkylation sites (tertiary alicyclic amines) is 1. The number of carbonyl (C=O) groups is 1. The second kappa shape index (κ2) is 6.68. The summed E-state index contributed by atoms with van der Waals surface area (Å²) in [6, 6.07) is 10.3. The minimum atomic E-state index is 0.0164. The lowest BCUT2D eigenvalue weighted by atomic mass is 9.92. The predicted octanol–water partition coefficient (Wildman–Crippen LogP) is 1.19. The molecule has 1 fully saturated rings. The average Bonchev–Trinajstić information content (AvgIpc) is 2.47. The highest BCUT2D eigenvalue weighted by molar-refractivity contribution is 5.78. The molecule has 4 heteroatoms. The van der Waals surface area contributed by atoms with Gasteiger partial charge in [0.2, 0.25) is 5.91 Å². The Morgan fingerprint density at radius 1 is 1.42 bits per heavy atom. The van der Waals surface area contributed by atoms with Crippen LogP contribution in [0.3, 0.4) is 0 Å². The Labute approximate surface area is 114 Å². The van der Waals surface area contributed by atoms with Gasteiger partial charge in [-0.05, 0) is 24.8 Å². The first kappa shape index (κ1) is 14.0. The SMILES string of the molecule is CO[C@H]1CCCN(C(=O)CN)[C@H]1Cc1ccccc1. The Morgan fingerprint density at radius 3 is 2.79 bits per heavy atom. The predicted molar refractivity (Wildman–Crippen MR) is 74.7 cm³/mol. The van der Waals surface area contributed by atoms with Gasteiger partial charge in [0.15, 0.2) is 0 Å². The van der Waals surface area contributed by atoms with Gasteiger partial charge in [0.1, 0.15) is 0 Å². The third-order valence-corrected chi connectivity index (χ3v) is 3.80. The Balaban J connectivity index is 2.16. The molecule has 0 radical (unpaired) electrons. The molecule has 2 rings (SSSR count). The molecule has 0 unspecified atom stereocenters. The second-order valence-corrected chi connectivity index (χ2v) is 4.96. The molecular weight excluding hydrogens is 240 g/mol. The first-order chi connectivity index (χ1) is 9.26. The minimum Gasteiger partial charge on any atom is -0.379 e. The Kier molecular flexibility index (Phi) is 4.93. The molecule has 2 N–H and O–H groups in total. The summed E-state index contributed by atoms with van der Waals surface area (Å²) in [5.74, 6) is 0.0164. The highest BCUT2D eigenvalue weighted by Gasteiger charge is 2.33. The number of hydrogen-bond donors (Lipinski definition) is 1. The molecule has 0 spiro atoms. The number of methoxy groups -OCH3 is 1. The maximum Gasteiger partial charge on any atom is 0.236 e. The van der Waals surface area contributed by atoms with Crippen molar-refractivity contribution >= 4 is 5.91 Å². The molecule has 1 aromatic rings. The van der Waals surface area contributed by atoms with Crippen molar-refractivity contribution in [3.05, 3.63) is 35.9 Å². The van der Waals surface area contributed by atoms with Gasteiger partial charge in [-0.2, -0.15) is 0 Å². The van der Waals surface area contributed by atoms with Gasteiger partial charge in [0.05, 0.1) is 18.7 Å². The maximum absolute atomic E-state index is 12.0. The number of piperidine rings is 1. The van der Waals surface area contributed by atoms with Gasteiger partial charge < -0.3 is 15.4 Å². The zero-order chi connectivity index (χ0) is 13.7. The van der Waals surface area contributed by atoms with Gasteiger partial charge in [0, 0.05) is 13.7 Å². The van der Waals surface area contributed by atoms with Crippen molar-refractivity contribution in [2.45, 2.75) is 31.4 Å². The van der Waals surface area contributed by atoms with E-state index in [0.717, 1.165) is 25.8 Å². The minimum absolute atomic E-state index is 0.0164. The first-order valence-electron chi connectivity index (χ1n) is 6.82. The molecule has 104 valence electrons. The number of rotatable bonds is 4. The summed E-state index contributed by atoms with van der Waals surface area (Å²) in [5, 5.41) is 0. The first-order valence-corrected chi connectivity index (χ1v) is 6.82. The lowest BCUT2D eigenvalue weighted by Gasteiger charge is -2.40. The van der Waals surface area contributed by atoms with Crippen LogP contribution >= 0.6 is 0 Å². The van der Waals surface area contributed by atoms with Gasteiger partial charge in [-0.1, -0.05) is 30.3 Å². The number of ether oxygens (including phenoxy) is 1. The van der Waals surface area contributed by atoms with Crippen LogP contribution in [0.2, 0.25) is 0 Å². The molecule has 0 aliphatic carbocycles. The second-order valence-electron chi connectivity index (χ2n) is 4.96. The fraction of sp³-hybridized carbons (Fsp3) is 0.533. The van der Waals surface area contributed by atoms with E-state index >= 15 is 0 Å². The quantitative estimate of drug-likeness (QED) is 0.887. The third-order valence-electron chi connectivity index (χ3n) is 3.80. The number of benzene rings is 1. The number of nitrogens with two attached hydrogens (primary N) is 1. The van der Waals surface area contributed by atoms with Crippen LogP contribution in [0.1, 0.15) is 18.4 Å². The molecule has 1 amide bonds. The van der Waals surface area contributed by atoms with Gasteiger partial charge in [0.25, 0.3) is 0 Å². The van der Waals surface area contributed by atoms with E-state index in [1.165, 1.54) is 5.56 Å². The van der Waals surface area contributed by atoms with Crippen molar-refractivity contribution in [2.75, 3.05) is 20.2 Å².